The van der Waals surface area contributed by atoms with Gasteiger partial charge in [-0.25, -0.2) is 19.1 Å². The van der Waals surface area contributed by atoms with Crippen molar-refractivity contribution < 1.29 is 28.3 Å². The topological polar surface area (TPSA) is 131 Å². The molecule has 10 nitrogen and oxygen atoms in total. The van der Waals surface area contributed by atoms with E-state index in [2.05, 4.69) is 51.6 Å². The lowest BCUT2D eigenvalue weighted by molar-refractivity contribution is 0.0543. The van der Waals surface area contributed by atoms with Crippen LogP contribution in [0.25, 0.3) is 11.0 Å². The van der Waals surface area contributed by atoms with Crippen LogP contribution in [0.1, 0.15) is 31.3 Å². The smallest absolute Gasteiger partial charge is 0.361 e. The van der Waals surface area contributed by atoms with Gasteiger partial charge in [0.05, 0.1) is 18.7 Å². The monoisotopic (exact) mass is 527 g/mol. The van der Waals surface area contributed by atoms with Gasteiger partial charge in [-0.15, -0.1) is 5.10 Å². The van der Waals surface area contributed by atoms with Gasteiger partial charge < -0.3 is 13.9 Å². The molecule has 0 aliphatic carbocycles. The van der Waals surface area contributed by atoms with E-state index in [1.807, 2.05) is 0 Å². The molecule has 2 aromatic heterocycles. The van der Waals surface area contributed by atoms with Gasteiger partial charge >= 0.3 is 17.6 Å². The Labute approximate surface area is 179 Å². The Bertz CT molecular complexity index is 1220. The summed E-state index contributed by atoms with van der Waals surface area (Å²) in [5, 5.41) is 7.70. The van der Waals surface area contributed by atoms with Gasteiger partial charge in [0.2, 0.25) is 5.69 Å². The molecule has 0 amide bonds. The third kappa shape index (κ3) is 3.98. The number of halogens is 2. The van der Waals surface area contributed by atoms with E-state index in [1.54, 1.807) is 12.1 Å². The van der Waals surface area contributed by atoms with Crippen molar-refractivity contribution in [1.82, 2.24) is 15.0 Å². The Morgan fingerprint density at radius 3 is 2.45 bits per heavy atom. The van der Waals surface area contributed by atoms with Gasteiger partial charge in [0, 0.05) is 9.86 Å². The van der Waals surface area contributed by atoms with Crippen LogP contribution in [0.3, 0.4) is 0 Å². The van der Waals surface area contributed by atoms with E-state index in [1.165, 1.54) is 6.07 Å². The van der Waals surface area contributed by atoms with Crippen LogP contribution in [0.2, 0.25) is 0 Å². The number of carbonyl (C=O) groups is 3. The van der Waals surface area contributed by atoms with E-state index in [4.69, 9.17) is 4.42 Å². The minimum atomic E-state index is -0.943. The average molecular weight is 529 g/mol. The van der Waals surface area contributed by atoms with Crippen LogP contribution in [-0.4, -0.2) is 46.9 Å². The Kier molecular flexibility index (Phi) is 5.94. The van der Waals surface area contributed by atoms with Crippen LogP contribution in [-0.2, 0) is 16.0 Å². The first-order chi connectivity index (χ1) is 13.8. The van der Waals surface area contributed by atoms with Crippen molar-refractivity contribution in [3.05, 3.63) is 54.5 Å². The van der Waals surface area contributed by atoms with Crippen LogP contribution in [0, 0.1) is 0 Å². The summed E-state index contributed by atoms with van der Waals surface area (Å²) in [4.78, 5) is 48.8. The number of aromatic nitrogens is 3. The number of hydrogen-bond acceptors (Lipinski definition) is 9. The molecule has 3 rings (SSSR count). The van der Waals surface area contributed by atoms with Crippen LogP contribution >= 0.6 is 31.9 Å². The maximum Gasteiger partial charge on any atom is 0.361 e. The van der Waals surface area contributed by atoms with Crippen LogP contribution in [0.5, 0.6) is 0 Å². The second kappa shape index (κ2) is 8.25. The lowest BCUT2D eigenvalue weighted by Crippen LogP contribution is -2.23. The van der Waals surface area contributed by atoms with Gasteiger partial charge in [-0.1, -0.05) is 21.1 Å². The first-order valence-corrected chi connectivity index (χ1v) is 9.41. The first kappa shape index (κ1) is 20.9. The summed E-state index contributed by atoms with van der Waals surface area (Å²) < 4.78 is 16.5. The molecule has 0 N–H and O–H groups in total. The van der Waals surface area contributed by atoms with Crippen molar-refractivity contribution in [3.8, 4) is 0 Å². The molecule has 0 spiro atoms. The molecule has 2 heterocycles. The normalized spacial score (nSPS) is 10.8. The highest BCUT2D eigenvalue weighted by Gasteiger charge is 2.28. The van der Waals surface area contributed by atoms with E-state index < -0.39 is 35.6 Å². The minimum Gasteiger partial charge on any atom is -0.464 e. The van der Waals surface area contributed by atoms with Crippen molar-refractivity contribution in [2.45, 2.75) is 6.54 Å². The highest BCUT2D eigenvalue weighted by molar-refractivity contribution is 9.11. The molecule has 1 aromatic carbocycles. The molecule has 0 aliphatic rings. The number of ketones is 1. The van der Waals surface area contributed by atoms with Gasteiger partial charge in [-0.3, -0.25) is 4.79 Å². The standard InChI is InChI=1S/C17H11Br2N3O7/c1-27-16(25)12-13(17(26)28-2)22(21-20-12)6-11(23)9-4-7-3-8(18)5-10(19)14(7)29-15(9)24/h3-5H,6H2,1-2H3. The molecule has 0 bridgehead atoms. The van der Waals surface area contributed by atoms with E-state index in [0.717, 1.165) is 18.9 Å². The minimum absolute atomic E-state index is 0.256. The number of Topliss-reactive ketones (excluding diaryl/α,β-unsaturated/α-hetero) is 1. The van der Waals surface area contributed by atoms with Crippen molar-refractivity contribution in [2.75, 3.05) is 14.2 Å². The lowest BCUT2D eigenvalue weighted by Gasteiger charge is -2.06. The highest BCUT2D eigenvalue weighted by atomic mass is 79.9. The number of esters is 2. The predicted molar refractivity (Wildman–Crippen MR) is 105 cm³/mol. The Morgan fingerprint density at radius 1 is 1.10 bits per heavy atom. The molecule has 0 radical (unpaired) electrons. The lowest BCUT2D eigenvalue weighted by atomic mass is 10.1. The molecule has 3 aromatic rings. The van der Waals surface area contributed by atoms with Gasteiger partial charge in [0.15, 0.2) is 17.1 Å². The fraction of sp³-hybridized carbons (Fsp3) is 0.176. The predicted octanol–water partition coefficient (Wildman–Crippen LogP) is 2.37. The van der Waals surface area contributed by atoms with Crippen molar-refractivity contribution in [2.24, 2.45) is 0 Å². The third-order valence-corrected chi connectivity index (χ3v) is 4.88. The number of carbonyl (C=O) groups excluding carboxylic acids is 3. The molecule has 12 heteroatoms. The van der Waals surface area contributed by atoms with Gasteiger partial charge in [0.1, 0.15) is 12.1 Å². The van der Waals surface area contributed by atoms with Gasteiger partial charge in [-0.2, -0.15) is 0 Å². The quantitative estimate of drug-likeness (QED) is 0.278. The summed E-state index contributed by atoms with van der Waals surface area (Å²) in [6.45, 7) is -0.556. The largest absolute Gasteiger partial charge is 0.464 e. The zero-order chi connectivity index (χ0) is 21.3. The van der Waals surface area contributed by atoms with E-state index >= 15 is 0 Å². The molecule has 0 unspecified atom stereocenters. The van der Waals surface area contributed by atoms with Gasteiger partial charge in [0.25, 0.3) is 0 Å². The SMILES string of the molecule is COC(=O)c1nnn(CC(=O)c2cc3cc(Br)cc(Br)c3oc2=O)c1C(=O)OC. The second-order valence-corrected chi connectivity index (χ2v) is 7.37. The van der Waals surface area contributed by atoms with Crippen LogP contribution in [0.4, 0.5) is 0 Å². The third-order valence-electron chi connectivity index (χ3n) is 3.84. The maximum absolute atomic E-state index is 12.7. The summed E-state index contributed by atoms with van der Waals surface area (Å²) in [5.41, 5.74) is -1.63. The summed E-state index contributed by atoms with van der Waals surface area (Å²) >= 11 is 6.61. The molecule has 0 atom stereocenters. The number of benzene rings is 1. The van der Waals surface area contributed by atoms with Crippen LogP contribution in [0.15, 0.2) is 36.4 Å². The Hall–Kier alpha value is -2.86. The number of methoxy groups -OCH3 is 2. The molecular formula is C17H11Br2N3O7. The second-order valence-electron chi connectivity index (χ2n) is 5.60. The molecular weight excluding hydrogens is 518 g/mol. The Balaban J connectivity index is 2.04. The number of ether oxygens (including phenoxy) is 2. The Morgan fingerprint density at radius 2 is 1.79 bits per heavy atom. The molecule has 0 saturated heterocycles. The van der Waals surface area contributed by atoms with Crippen LogP contribution < -0.4 is 5.63 Å². The average Bonchev–Trinajstić information content (AvgIpc) is 3.10. The number of rotatable bonds is 5. The summed E-state index contributed by atoms with van der Waals surface area (Å²) in [7, 11) is 2.19. The summed E-state index contributed by atoms with van der Waals surface area (Å²) in [5.74, 6) is -2.58. The zero-order valence-electron chi connectivity index (χ0n) is 14.9. The molecule has 150 valence electrons. The van der Waals surface area contributed by atoms with Crippen molar-refractivity contribution in [1.29, 1.82) is 0 Å². The zero-order valence-corrected chi connectivity index (χ0v) is 18.1. The summed E-state index contributed by atoms with van der Waals surface area (Å²) in [6.07, 6.45) is 0. The van der Waals surface area contributed by atoms with E-state index in [-0.39, 0.29) is 16.8 Å². The van der Waals surface area contributed by atoms with E-state index in [9.17, 15) is 19.2 Å². The number of hydrogen-bond donors (Lipinski definition) is 0. The molecule has 29 heavy (non-hydrogen) atoms. The molecule has 0 saturated carbocycles. The van der Waals surface area contributed by atoms with E-state index in [0.29, 0.717) is 14.3 Å². The number of nitrogens with zero attached hydrogens (tertiary/aromatic N) is 3. The maximum atomic E-state index is 12.7. The molecule has 0 aliphatic heterocycles. The van der Waals surface area contributed by atoms with Gasteiger partial charge in [-0.05, 0) is 34.1 Å². The van der Waals surface area contributed by atoms with Crippen molar-refractivity contribution in [3.63, 3.8) is 0 Å². The fourth-order valence-corrected chi connectivity index (χ4v) is 3.87. The summed E-state index contributed by atoms with van der Waals surface area (Å²) in [6, 6.07) is 4.73. The fourth-order valence-electron chi connectivity index (χ4n) is 2.53. The first-order valence-electron chi connectivity index (χ1n) is 7.83. The number of fused-ring (bicyclic) bond motifs is 1. The van der Waals surface area contributed by atoms with Crippen molar-refractivity contribution >= 4 is 60.6 Å². The highest BCUT2D eigenvalue weighted by Crippen LogP contribution is 2.28. The molecule has 0 fully saturated rings.